The van der Waals surface area contributed by atoms with Gasteiger partial charge in [0.15, 0.2) is 0 Å². The van der Waals surface area contributed by atoms with Crippen molar-refractivity contribution in [1.82, 2.24) is 15.2 Å². The first-order chi connectivity index (χ1) is 10.8. The molecule has 2 saturated heterocycles. The number of hydrogen-bond acceptors (Lipinski definition) is 5. The molecule has 2 atom stereocenters. The Labute approximate surface area is 141 Å². The zero-order valence-electron chi connectivity index (χ0n) is 13.2. The van der Waals surface area contributed by atoms with E-state index in [1.165, 1.54) is 16.5 Å². The van der Waals surface area contributed by atoms with Gasteiger partial charge in [0.2, 0.25) is 5.91 Å². The van der Waals surface area contributed by atoms with Gasteiger partial charge in [0.1, 0.15) is 0 Å². The zero-order valence-corrected chi connectivity index (χ0v) is 14.8. The van der Waals surface area contributed by atoms with Crippen LogP contribution in [0.2, 0.25) is 0 Å². The highest BCUT2D eigenvalue weighted by Gasteiger charge is 2.28. The molecule has 0 radical (unpaired) electrons. The molecule has 22 heavy (non-hydrogen) atoms. The van der Waals surface area contributed by atoms with Crippen molar-refractivity contribution < 1.29 is 4.79 Å². The standard InChI is InChI=1S/C16H25N3OS2/c1-2-13-11-22-16(18-13)12-4-3-6-19(9-12)15(20)8-14-10-21-7-5-17-14/h11-12,14,17H,2-10H2,1H3. The second-order valence-corrected chi connectivity index (χ2v) is 8.18. The third kappa shape index (κ3) is 4.03. The first-order valence-corrected chi connectivity index (χ1v) is 10.3. The Kier molecular flexibility index (Phi) is 5.77. The maximum atomic E-state index is 12.6. The largest absolute Gasteiger partial charge is 0.342 e. The topological polar surface area (TPSA) is 45.2 Å². The smallest absolute Gasteiger partial charge is 0.224 e. The number of thiazole rings is 1. The molecule has 3 rings (SSSR count). The Morgan fingerprint density at radius 3 is 3.18 bits per heavy atom. The van der Waals surface area contributed by atoms with E-state index in [0.29, 0.717) is 24.3 Å². The van der Waals surface area contributed by atoms with Crippen LogP contribution in [0.15, 0.2) is 5.38 Å². The van der Waals surface area contributed by atoms with Crippen LogP contribution in [0, 0.1) is 0 Å². The monoisotopic (exact) mass is 339 g/mol. The van der Waals surface area contributed by atoms with Crippen molar-refractivity contribution in [2.24, 2.45) is 0 Å². The lowest BCUT2D eigenvalue weighted by Crippen LogP contribution is -2.45. The highest BCUT2D eigenvalue weighted by molar-refractivity contribution is 7.99. The molecule has 6 heteroatoms. The summed E-state index contributed by atoms with van der Waals surface area (Å²) in [5.74, 6) is 2.99. The summed E-state index contributed by atoms with van der Waals surface area (Å²) in [6.07, 6.45) is 3.91. The van der Waals surface area contributed by atoms with Gasteiger partial charge in [-0.15, -0.1) is 11.3 Å². The van der Waals surface area contributed by atoms with Crippen molar-refractivity contribution in [1.29, 1.82) is 0 Å². The summed E-state index contributed by atoms with van der Waals surface area (Å²) in [6, 6.07) is 0.359. The van der Waals surface area contributed by atoms with Crippen molar-refractivity contribution in [2.45, 2.75) is 44.6 Å². The average molecular weight is 340 g/mol. The highest BCUT2D eigenvalue weighted by Crippen LogP contribution is 2.29. The molecule has 0 aliphatic carbocycles. The molecule has 1 aromatic heterocycles. The van der Waals surface area contributed by atoms with E-state index in [4.69, 9.17) is 4.98 Å². The molecule has 2 aliphatic rings. The molecule has 0 spiro atoms. The molecule has 0 aromatic carbocycles. The maximum absolute atomic E-state index is 12.6. The van der Waals surface area contributed by atoms with Crippen LogP contribution in [-0.2, 0) is 11.2 Å². The number of rotatable bonds is 4. The average Bonchev–Trinajstić information content (AvgIpc) is 3.05. The summed E-state index contributed by atoms with van der Waals surface area (Å²) in [7, 11) is 0. The van der Waals surface area contributed by atoms with Crippen LogP contribution in [0.3, 0.4) is 0 Å². The second kappa shape index (κ2) is 7.79. The molecule has 1 amide bonds. The van der Waals surface area contributed by atoms with E-state index in [-0.39, 0.29) is 0 Å². The molecular weight excluding hydrogens is 314 g/mol. The number of likely N-dealkylation sites (tertiary alicyclic amines) is 1. The predicted molar refractivity (Wildman–Crippen MR) is 93.8 cm³/mol. The molecule has 0 saturated carbocycles. The van der Waals surface area contributed by atoms with E-state index in [9.17, 15) is 4.79 Å². The molecule has 4 nitrogen and oxygen atoms in total. The van der Waals surface area contributed by atoms with Crippen LogP contribution >= 0.6 is 23.1 Å². The van der Waals surface area contributed by atoms with Gasteiger partial charge in [0, 0.05) is 54.9 Å². The van der Waals surface area contributed by atoms with Gasteiger partial charge in [0.25, 0.3) is 0 Å². The van der Waals surface area contributed by atoms with Crippen LogP contribution in [0.4, 0.5) is 0 Å². The lowest BCUT2D eigenvalue weighted by Gasteiger charge is -2.33. The second-order valence-electron chi connectivity index (χ2n) is 6.14. The van der Waals surface area contributed by atoms with Crippen LogP contribution in [0.1, 0.15) is 42.8 Å². The van der Waals surface area contributed by atoms with Crippen LogP contribution in [0.5, 0.6) is 0 Å². The Bertz CT molecular complexity index is 499. The lowest BCUT2D eigenvalue weighted by atomic mass is 9.98. The lowest BCUT2D eigenvalue weighted by molar-refractivity contribution is -0.132. The van der Waals surface area contributed by atoms with Crippen molar-refractivity contribution in [2.75, 3.05) is 31.1 Å². The van der Waals surface area contributed by atoms with E-state index in [2.05, 4.69) is 22.5 Å². The molecular formula is C16H25N3OS2. The number of nitrogens with zero attached hydrogens (tertiary/aromatic N) is 2. The fraction of sp³-hybridized carbons (Fsp3) is 0.750. The molecule has 2 unspecified atom stereocenters. The molecule has 3 heterocycles. The molecule has 2 fully saturated rings. The Morgan fingerprint density at radius 2 is 2.45 bits per heavy atom. The Balaban J connectivity index is 1.56. The minimum atomic E-state index is 0.317. The van der Waals surface area contributed by atoms with Crippen LogP contribution < -0.4 is 5.32 Å². The first-order valence-electron chi connectivity index (χ1n) is 8.29. The summed E-state index contributed by atoms with van der Waals surface area (Å²) in [5, 5.41) is 6.85. The number of carbonyl (C=O) groups is 1. The predicted octanol–water partition coefficient (Wildman–Crippen LogP) is 2.51. The van der Waals surface area contributed by atoms with E-state index in [0.717, 1.165) is 44.6 Å². The molecule has 1 N–H and O–H groups in total. The van der Waals surface area contributed by atoms with E-state index >= 15 is 0 Å². The van der Waals surface area contributed by atoms with Gasteiger partial charge in [0.05, 0.1) is 10.7 Å². The summed E-state index contributed by atoms with van der Waals surface area (Å²) < 4.78 is 0. The number of carbonyl (C=O) groups excluding carboxylic acids is 1. The molecule has 0 bridgehead atoms. The van der Waals surface area contributed by atoms with Gasteiger partial charge >= 0.3 is 0 Å². The van der Waals surface area contributed by atoms with Gasteiger partial charge in [-0.1, -0.05) is 6.92 Å². The molecule has 2 aliphatic heterocycles. The summed E-state index contributed by atoms with van der Waals surface area (Å²) in [6.45, 7) is 4.95. The number of nitrogens with one attached hydrogen (secondary N) is 1. The molecule has 1 aromatic rings. The van der Waals surface area contributed by atoms with Crippen molar-refractivity contribution in [3.8, 4) is 0 Å². The van der Waals surface area contributed by atoms with Gasteiger partial charge in [-0.05, 0) is 19.3 Å². The van der Waals surface area contributed by atoms with Gasteiger partial charge < -0.3 is 10.2 Å². The van der Waals surface area contributed by atoms with Crippen LogP contribution in [-0.4, -0.2) is 53.0 Å². The summed E-state index contributed by atoms with van der Waals surface area (Å²) in [4.78, 5) is 19.4. The van der Waals surface area contributed by atoms with Gasteiger partial charge in [-0.3, -0.25) is 4.79 Å². The number of amides is 1. The summed E-state index contributed by atoms with van der Waals surface area (Å²) >= 11 is 3.72. The minimum Gasteiger partial charge on any atom is -0.342 e. The zero-order chi connectivity index (χ0) is 15.4. The number of piperidine rings is 1. The number of aromatic nitrogens is 1. The van der Waals surface area contributed by atoms with Gasteiger partial charge in [-0.2, -0.15) is 11.8 Å². The Morgan fingerprint density at radius 1 is 1.55 bits per heavy atom. The maximum Gasteiger partial charge on any atom is 0.224 e. The fourth-order valence-electron chi connectivity index (χ4n) is 3.17. The van der Waals surface area contributed by atoms with E-state index in [1.54, 1.807) is 11.3 Å². The summed E-state index contributed by atoms with van der Waals surface area (Å²) in [5.41, 5.74) is 1.19. The third-order valence-electron chi connectivity index (χ3n) is 4.47. The fourth-order valence-corrected chi connectivity index (χ4v) is 5.15. The number of aryl methyl sites for hydroxylation is 1. The van der Waals surface area contributed by atoms with E-state index < -0.39 is 0 Å². The van der Waals surface area contributed by atoms with Gasteiger partial charge in [-0.25, -0.2) is 4.98 Å². The number of hydrogen-bond donors (Lipinski definition) is 1. The van der Waals surface area contributed by atoms with E-state index in [1.807, 2.05) is 11.8 Å². The quantitative estimate of drug-likeness (QED) is 0.915. The van der Waals surface area contributed by atoms with Crippen molar-refractivity contribution >= 4 is 29.0 Å². The number of thioether (sulfide) groups is 1. The molecule has 122 valence electrons. The SMILES string of the molecule is CCc1csc(C2CCCN(C(=O)CC3CSCCN3)C2)n1. The third-order valence-corrected chi connectivity index (χ3v) is 6.66. The minimum absolute atomic E-state index is 0.317. The van der Waals surface area contributed by atoms with Crippen molar-refractivity contribution in [3.05, 3.63) is 16.1 Å². The van der Waals surface area contributed by atoms with Crippen molar-refractivity contribution in [3.63, 3.8) is 0 Å². The van der Waals surface area contributed by atoms with Crippen LogP contribution in [0.25, 0.3) is 0 Å². The Hall–Kier alpha value is -0.590. The highest BCUT2D eigenvalue weighted by atomic mass is 32.2. The first kappa shape index (κ1) is 16.3. The normalized spacial score (nSPS) is 26.1.